The fraction of sp³-hybridized carbons (Fsp3) is 0.500. The highest BCUT2D eigenvalue weighted by Crippen LogP contribution is 2.31. The van der Waals surface area contributed by atoms with Gasteiger partial charge in [-0.05, 0) is 26.7 Å². The van der Waals surface area contributed by atoms with Crippen LogP contribution in [-0.2, 0) is 4.79 Å². The molecule has 0 aliphatic carbocycles. The first-order valence-corrected chi connectivity index (χ1v) is 8.73. The summed E-state index contributed by atoms with van der Waals surface area (Å²) in [6.45, 7) is 6.66. The summed E-state index contributed by atoms with van der Waals surface area (Å²) in [4.78, 5) is 28.7. The third-order valence-electron chi connectivity index (χ3n) is 3.90. The molecule has 0 bridgehead atoms. The van der Waals surface area contributed by atoms with E-state index >= 15 is 0 Å². The zero-order valence-corrected chi connectivity index (χ0v) is 14.5. The van der Waals surface area contributed by atoms with E-state index in [1.165, 1.54) is 0 Å². The number of aryl methyl sites for hydroxylation is 2. The van der Waals surface area contributed by atoms with Crippen molar-refractivity contribution < 1.29 is 4.79 Å². The number of amides is 1. The Bertz CT molecular complexity index is 714. The molecule has 2 aromatic rings. The van der Waals surface area contributed by atoms with Crippen molar-refractivity contribution in [3.05, 3.63) is 28.7 Å². The monoisotopic (exact) mass is 331 g/mol. The molecule has 1 atom stereocenters. The first-order valence-electron chi connectivity index (χ1n) is 7.91. The largest absolute Gasteiger partial charge is 0.332 e. The van der Waals surface area contributed by atoms with Gasteiger partial charge >= 0.3 is 0 Å². The van der Waals surface area contributed by atoms with E-state index in [1.54, 1.807) is 11.3 Å². The molecule has 2 aromatic heterocycles. The molecule has 0 radical (unpaired) electrons. The van der Waals surface area contributed by atoms with E-state index < -0.39 is 0 Å². The zero-order valence-electron chi connectivity index (χ0n) is 13.7. The molecule has 0 unspecified atom stereocenters. The maximum absolute atomic E-state index is 12.1. The first-order chi connectivity index (χ1) is 11.1. The van der Waals surface area contributed by atoms with Crippen molar-refractivity contribution in [2.24, 2.45) is 0 Å². The Morgan fingerprint density at radius 2 is 2.26 bits per heavy atom. The third-order valence-corrected chi connectivity index (χ3v) is 4.73. The lowest BCUT2D eigenvalue weighted by Crippen LogP contribution is -2.31. The molecule has 3 heterocycles. The van der Waals surface area contributed by atoms with Crippen LogP contribution in [0.25, 0.3) is 0 Å². The van der Waals surface area contributed by atoms with Crippen molar-refractivity contribution in [1.82, 2.24) is 19.9 Å². The predicted molar refractivity (Wildman–Crippen MR) is 90.9 cm³/mol. The Balaban J connectivity index is 1.86. The SMILES string of the molecule is CCC(=O)N1CCC[C@@H]1c1nc(C)cc(Nc2ncc(C)s2)n1. The number of anilines is 2. The van der Waals surface area contributed by atoms with E-state index in [0.29, 0.717) is 6.42 Å². The summed E-state index contributed by atoms with van der Waals surface area (Å²) >= 11 is 1.59. The van der Waals surface area contributed by atoms with Gasteiger partial charge in [-0.3, -0.25) is 4.79 Å². The fourth-order valence-corrected chi connectivity index (χ4v) is 3.53. The van der Waals surface area contributed by atoms with Crippen LogP contribution in [0.1, 0.15) is 48.6 Å². The van der Waals surface area contributed by atoms with Gasteiger partial charge in [-0.2, -0.15) is 0 Å². The molecule has 1 saturated heterocycles. The van der Waals surface area contributed by atoms with Gasteiger partial charge in [-0.25, -0.2) is 15.0 Å². The molecule has 0 saturated carbocycles. The number of aromatic nitrogens is 3. The van der Waals surface area contributed by atoms with Crippen LogP contribution < -0.4 is 5.32 Å². The Hall–Kier alpha value is -2.02. The molecule has 1 aliphatic rings. The number of hydrogen-bond acceptors (Lipinski definition) is 6. The maximum Gasteiger partial charge on any atom is 0.222 e. The topological polar surface area (TPSA) is 71.0 Å². The van der Waals surface area contributed by atoms with Crippen LogP contribution in [0.15, 0.2) is 12.3 Å². The number of nitrogens with zero attached hydrogens (tertiary/aromatic N) is 4. The van der Waals surface area contributed by atoms with E-state index in [9.17, 15) is 4.79 Å². The minimum absolute atomic E-state index is 0.0130. The number of nitrogens with one attached hydrogen (secondary N) is 1. The Labute approximate surface area is 140 Å². The lowest BCUT2D eigenvalue weighted by Gasteiger charge is -2.23. The number of carbonyl (C=O) groups is 1. The van der Waals surface area contributed by atoms with Gasteiger partial charge in [0, 0.05) is 35.8 Å². The van der Waals surface area contributed by atoms with Gasteiger partial charge in [0.15, 0.2) is 11.0 Å². The molecule has 122 valence electrons. The minimum Gasteiger partial charge on any atom is -0.332 e. The summed E-state index contributed by atoms with van der Waals surface area (Å²) in [5.74, 6) is 1.63. The molecule has 1 amide bonds. The summed E-state index contributed by atoms with van der Waals surface area (Å²) in [5, 5.41) is 4.06. The van der Waals surface area contributed by atoms with Crippen molar-refractivity contribution in [2.45, 2.75) is 46.1 Å². The van der Waals surface area contributed by atoms with Crippen molar-refractivity contribution in [3.63, 3.8) is 0 Å². The number of rotatable bonds is 4. The van der Waals surface area contributed by atoms with Crippen LogP contribution in [0.2, 0.25) is 0 Å². The van der Waals surface area contributed by atoms with Crippen molar-refractivity contribution in [2.75, 3.05) is 11.9 Å². The second-order valence-electron chi connectivity index (χ2n) is 5.75. The second-order valence-corrected chi connectivity index (χ2v) is 6.99. The van der Waals surface area contributed by atoms with Crippen LogP contribution >= 0.6 is 11.3 Å². The molecule has 0 spiro atoms. The average molecular weight is 331 g/mol. The van der Waals surface area contributed by atoms with Crippen molar-refractivity contribution in [3.8, 4) is 0 Å². The maximum atomic E-state index is 12.1. The minimum atomic E-state index is -0.0130. The van der Waals surface area contributed by atoms with Gasteiger partial charge in [-0.1, -0.05) is 6.92 Å². The summed E-state index contributed by atoms with van der Waals surface area (Å²) in [6, 6.07) is 1.89. The number of carbonyl (C=O) groups excluding carboxylic acids is 1. The number of thiazole rings is 1. The van der Waals surface area contributed by atoms with E-state index in [1.807, 2.05) is 37.9 Å². The van der Waals surface area contributed by atoms with Crippen LogP contribution in [0.4, 0.5) is 10.9 Å². The van der Waals surface area contributed by atoms with Gasteiger partial charge in [0.05, 0.1) is 6.04 Å². The highest BCUT2D eigenvalue weighted by Gasteiger charge is 2.31. The van der Waals surface area contributed by atoms with E-state index in [2.05, 4.69) is 20.3 Å². The number of hydrogen-bond donors (Lipinski definition) is 1. The molecule has 1 fully saturated rings. The summed E-state index contributed by atoms with van der Waals surface area (Å²) in [6.07, 6.45) is 4.28. The quantitative estimate of drug-likeness (QED) is 0.930. The lowest BCUT2D eigenvalue weighted by molar-refractivity contribution is -0.131. The molecule has 1 N–H and O–H groups in total. The summed E-state index contributed by atoms with van der Waals surface area (Å²) in [7, 11) is 0. The second kappa shape index (κ2) is 6.62. The zero-order chi connectivity index (χ0) is 16.4. The smallest absolute Gasteiger partial charge is 0.222 e. The molecule has 6 nitrogen and oxygen atoms in total. The molecular weight excluding hydrogens is 310 g/mol. The standard InChI is InChI=1S/C16H21N5OS/c1-4-14(22)21-7-5-6-12(21)15-18-10(2)8-13(19-15)20-16-17-9-11(3)23-16/h8-9,12H,4-7H2,1-3H3,(H,17,18,19,20)/t12-/m1/s1. The Kier molecular flexibility index (Phi) is 4.56. The lowest BCUT2D eigenvalue weighted by atomic mass is 10.2. The van der Waals surface area contributed by atoms with E-state index in [-0.39, 0.29) is 11.9 Å². The van der Waals surface area contributed by atoms with Crippen LogP contribution in [0.3, 0.4) is 0 Å². The van der Waals surface area contributed by atoms with E-state index in [0.717, 1.165) is 46.7 Å². The highest BCUT2D eigenvalue weighted by molar-refractivity contribution is 7.15. The molecular formula is C16H21N5OS. The Morgan fingerprint density at radius 3 is 2.96 bits per heavy atom. The summed E-state index contributed by atoms with van der Waals surface area (Å²) in [5.41, 5.74) is 0.890. The van der Waals surface area contributed by atoms with E-state index in [4.69, 9.17) is 0 Å². The van der Waals surface area contributed by atoms with Gasteiger partial charge in [0.25, 0.3) is 0 Å². The van der Waals surface area contributed by atoms with Crippen molar-refractivity contribution >= 4 is 28.2 Å². The third kappa shape index (κ3) is 3.50. The first kappa shape index (κ1) is 15.9. The molecule has 7 heteroatoms. The molecule has 3 rings (SSSR count). The Morgan fingerprint density at radius 1 is 1.43 bits per heavy atom. The van der Waals surface area contributed by atoms with Crippen LogP contribution in [-0.4, -0.2) is 32.3 Å². The molecule has 23 heavy (non-hydrogen) atoms. The summed E-state index contributed by atoms with van der Waals surface area (Å²) < 4.78 is 0. The molecule has 0 aromatic carbocycles. The van der Waals surface area contributed by atoms with Crippen LogP contribution in [0.5, 0.6) is 0 Å². The molecule has 1 aliphatic heterocycles. The van der Waals surface area contributed by atoms with Crippen LogP contribution in [0, 0.1) is 13.8 Å². The predicted octanol–water partition coefficient (Wildman–Crippen LogP) is 3.37. The fourth-order valence-electron chi connectivity index (χ4n) is 2.86. The van der Waals surface area contributed by atoms with Gasteiger partial charge in [-0.15, -0.1) is 11.3 Å². The average Bonchev–Trinajstić information content (AvgIpc) is 3.15. The van der Waals surface area contributed by atoms with Gasteiger partial charge in [0.1, 0.15) is 5.82 Å². The van der Waals surface area contributed by atoms with Crippen molar-refractivity contribution in [1.29, 1.82) is 0 Å². The van der Waals surface area contributed by atoms with Gasteiger partial charge in [0.2, 0.25) is 5.91 Å². The normalized spacial score (nSPS) is 17.5. The highest BCUT2D eigenvalue weighted by atomic mass is 32.1. The number of likely N-dealkylation sites (tertiary alicyclic amines) is 1. The van der Waals surface area contributed by atoms with Gasteiger partial charge < -0.3 is 10.2 Å².